The lowest BCUT2D eigenvalue weighted by molar-refractivity contribution is -0.134. The summed E-state index contributed by atoms with van der Waals surface area (Å²) in [6.45, 7) is 4.08. The minimum absolute atomic E-state index is 0.300. The van der Waals surface area contributed by atoms with E-state index >= 15 is 0 Å². The summed E-state index contributed by atoms with van der Waals surface area (Å²) in [5.74, 6) is 0.273. The number of carbonyl (C=O) groups is 2. The summed E-state index contributed by atoms with van der Waals surface area (Å²) >= 11 is 0. The Bertz CT molecular complexity index is 479. The Balaban J connectivity index is 2.80. The van der Waals surface area contributed by atoms with Crippen LogP contribution in [0.15, 0.2) is 18.2 Å². The fraction of sp³-hybridized carbons (Fsp3) is 0.467. The molecule has 0 fully saturated rings. The molecule has 110 valence electrons. The molecule has 0 amide bonds. The molecular formula is C15H20O5. The minimum atomic E-state index is -0.471. The van der Waals surface area contributed by atoms with Gasteiger partial charge in [-0.15, -0.1) is 0 Å². The molecule has 0 aromatic heterocycles. The highest BCUT2D eigenvalue weighted by atomic mass is 16.6. The van der Waals surface area contributed by atoms with Crippen molar-refractivity contribution in [1.29, 1.82) is 0 Å². The first-order valence-corrected chi connectivity index (χ1v) is 6.45. The molecule has 0 bridgehead atoms. The van der Waals surface area contributed by atoms with Crippen molar-refractivity contribution in [1.82, 2.24) is 0 Å². The van der Waals surface area contributed by atoms with Gasteiger partial charge in [0.05, 0.1) is 19.8 Å². The lowest BCUT2D eigenvalue weighted by atomic mass is 10.1. The molecule has 0 heterocycles. The van der Waals surface area contributed by atoms with E-state index in [1.165, 1.54) is 32.4 Å². The van der Waals surface area contributed by atoms with Crippen molar-refractivity contribution < 1.29 is 23.8 Å². The van der Waals surface area contributed by atoms with Crippen LogP contribution in [0.1, 0.15) is 37.0 Å². The molecule has 0 atom stereocenters. The largest absolute Gasteiger partial charge is 0.493 e. The van der Waals surface area contributed by atoms with Crippen LogP contribution in [-0.4, -0.2) is 26.2 Å². The van der Waals surface area contributed by atoms with Gasteiger partial charge >= 0.3 is 11.9 Å². The first kappa shape index (κ1) is 16.0. The summed E-state index contributed by atoms with van der Waals surface area (Å²) in [5.41, 5.74) is 0.339. The van der Waals surface area contributed by atoms with Crippen LogP contribution in [0.5, 0.6) is 11.5 Å². The average molecular weight is 280 g/mol. The fourth-order valence-electron chi connectivity index (χ4n) is 1.58. The van der Waals surface area contributed by atoms with E-state index in [2.05, 4.69) is 4.74 Å². The summed E-state index contributed by atoms with van der Waals surface area (Å²) in [6, 6.07) is 4.54. The zero-order valence-electron chi connectivity index (χ0n) is 12.3. The lowest BCUT2D eigenvalue weighted by Crippen LogP contribution is -2.10. The number of carbonyl (C=O) groups excluding carboxylic acids is 2. The molecule has 0 N–H and O–H groups in total. The molecule has 0 saturated heterocycles. The van der Waals surface area contributed by atoms with Crippen molar-refractivity contribution in [3.63, 3.8) is 0 Å². The number of benzene rings is 1. The summed E-state index contributed by atoms with van der Waals surface area (Å²) in [7, 11) is 2.75. The van der Waals surface area contributed by atoms with Gasteiger partial charge in [0.15, 0.2) is 11.5 Å². The number of ether oxygens (including phenoxy) is 3. The number of rotatable bonds is 6. The maximum absolute atomic E-state index is 11.7. The molecule has 0 radical (unpaired) electrons. The Morgan fingerprint density at radius 2 is 1.85 bits per heavy atom. The van der Waals surface area contributed by atoms with Gasteiger partial charge in [-0.1, -0.05) is 13.8 Å². The van der Waals surface area contributed by atoms with Gasteiger partial charge in [-0.2, -0.15) is 0 Å². The van der Waals surface area contributed by atoms with Crippen LogP contribution < -0.4 is 9.47 Å². The first-order valence-electron chi connectivity index (χ1n) is 6.45. The molecule has 0 aliphatic carbocycles. The van der Waals surface area contributed by atoms with Gasteiger partial charge < -0.3 is 14.2 Å². The molecule has 0 saturated carbocycles. The predicted octanol–water partition coefficient (Wildman–Crippen LogP) is 2.82. The van der Waals surface area contributed by atoms with Crippen LogP contribution in [0.4, 0.5) is 0 Å². The van der Waals surface area contributed by atoms with Crippen LogP contribution in [0.2, 0.25) is 0 Å². The van der Waals surface area contributed by atoms with E-state index < -0.39 is 5.97 Å². The SMILES string of the molecule is COC(=O)c1ccc(OC(=O)CCC(C)C)c(OC)c1. The third-order valence-electron chi connectivity index (χ3n) is 2.73. The third kappa shape index (κ3) is 4.57. The van der Waals surface area contributed by atoms with Gasteiger partial charge in [0.2, 0.25) is 0 Å². The molecular weight excluding hydrogens is 260 g/mol. The van der Waals surface area contributed by atoms with Crippen LogP contribution in [0, 0.1) is 5.92 Å². The van der Waals surface area contributed by atoms with Gasteiger partial charge in [0.1, 0.15) is 0 Å². The predicted molar refractivity (Wildman–Crippen MR) is 74.0 cm³/mol. The zero-order chi connectivity index (χ0) is 15.1. The second kappa shape index (κ2) is 7.53. The minimum Gasteiger partial charge on any atom is -0.493 e. The van der Waals surface area contributed by atoms with Crippen molar-refractivity contribution in [2.24, 2.45) is 5.92 Å². The highest BCUT2D eigenvalue weighted by Gasteiger charge is 2.14. The van der Waals surface area contributed by atoms with Gasteiger partial charge in [-0.3, -0.25) is 4.79 Å². The molecule has 5 heteroatoms. The highest BCUT2D eigenvalue weighted by molar-refractivity contribution is 5.90. The van der Waals surface area contributed by atoms with Crippen LogP contribution in [-0.2, 0) is 9.53 Å². The molecule has 0 spiro atoms. The normalized spacial score (nSPS) is 10.2. The van der Waals surface area contributed by atoms with Gasteiger partial charge in [-0.05, 0) is 30.5 Å². The van der Waals surface area contributed by atoms with Crippen molar-refractivity contribution in [2.45, 2.75) is 26.7 Å². The maximum atomic E-state index is 11.7. The number of hydrogen-bond acceptors (Lipinski definition) is 5. The molecule has 0 aliphatic heterocycles. The van der Waals surface area contributed by atoms with E-state index in [1.54, 1.807) is 0 Å². The average Bonchev–Trinajstić information content (AvgIpc) is 2.44. The lowest BCUT2D eigenvalue weighted by Gasteiger charge is -2.11. The molecule has 20 heavy (non-hydrogen) atoms. The Labute approximate surface area is 118 Å². The van der Waals surface area contributed by atoms with E-state index in [0.29, 0.717) is 29.4 Å². The van der Waals surface area contributed by atoms with E-state index in [1.807, 2.05) is 13.8 Å². The standard InChI is InChI=1S/C15H20O5/c1-10(2)5-8-14(16)20-12-7-6-11(15(17)19-4)9-13(12)18-3/h6-7,9-10H,5,8H2,1-4H3. The summed E-state index contributed by atoms with van der Waals surface area (Å²) in [6.07, 6.45) is 1.11. The summed E-state index contributed by atoms with van der Waals surface area (Å²) < 4.78 is 15.0. The summed E-state index contributed by atoms with van der Waals surface area (Å²) in [4.78, 5) is 23.1. The number of hydrogen-bond donors (Lipinski definition) is 0. The third-order valence-corrected chi connectivity index (χ3v) is 2.73. The quantitative estimate of drug-likeness (QED) is 0.592. The van der Waals surface area contributed by atoms with Crippen molar-refractivity contribution in [2.75, 3.05) is 14.2 Å². The Hall–Kier alpha value is -2.04. The molecule has 0 aliphatic rings. The maximum Gasteiger partial charge on any atom is 0.337 e. The molecule has 1 aromatic carbocycles. The van der Waals surface area contributed by atoms with Gasteiger partial charge in [-0.25, -0.2) is 4.79 Å². The second-order valence-corrected chi connectivity index (χ2v) is 4.76. The number of esters is 2. The van der Waals surface area contributed by atoms with E-state index in [-0.39, 0.29) is 5.97 Å². The van der Waals surface area contributed by atoms with Gasteiger partial charge in [0, 0.05) is 6.42 Å². The highest BCUT2D eigenvalue weighted by Crippen LogP contribution is 2.28. The van der Waals surface area contributed by atoms with E-state index in [9.17, 15) is 9.59 Å². The first-order chi connectivity index (χ1) is 9.47. The Morgan fingerprint density at radius 1 is 1.15 bits per heavy atom. The molecule has 1 rings (SSSR count). The monoisotopic (exact) mass is 280 g/mol. The number of methoxy groups -OCH3 is 2. The Morgan fingerprint density at radius 3 is 2.40 bits per heavy atom. The van der Waals surface area contributed by atoms with E-state index in [4.69, 9.17) is 9.47 Å². The van der Waals surface area contributed by atoms with Crippen molar-refractivity contribution >= 4 is 11.9 Å². The van der Waals surface area contributed by atoms with Crippen LogP contribution >= 0.6 is 0 Å². The zero-order valence-corrected chi connectivity index (χ0v) is 12.3. The van der Waals surface area contributed by atoms with E-state index in [0.717, 1.165) is 6.42 Å². The molecule has 1 aromatic rings. The molecule has 0 unspecified atom stereocenters. The Kier molecular flexibility index (Phi) is 6.03. The smallest absolute Gasteiger partial charge is 0.337 e. The summed E-state index contributed by atoms with van der Waals surface area (Å²) in [5, 5.41) is 0. The fourth-order valence-corrected chi connectivity index (χ4v) is 1.58. The van der Waals surface area contributed by atoms with Crippen molar-refractivity contribution in [3.8, 4) is 11.5 Å². The van der Waals surface area contributed by atoms with Crippen LogP contribution in [0.3, 0.4) is 0 Å². The molecule has 5 nitrogen and oxygen atoms in total. The van der Waals surface area contributed by atoms with Gasteiger partial charge in [0.25, 0.3) is 0 Å². The topological polar surface area (TPSA) is 61.8 Å². The van der Waals surface area contributed by atoms with Crippen LogP contribution in [0.25, 0.3) is 0 Å². The second-order valence-electron chi connectivity index (χ2n) is 4.76. The van der Waals surface area contributed by atoms with Crippen molar-refractivity contribution in [3.05, 3.63) is 23.8 Å².